The fourth-order valence-electron chi connectivity index (χ4n) is 1.90. The van der Waals surface area contributed by atoms with Crippen molar-refractivity contribution >= 4 is 11.9 Å². The van der Waals surface area contributed by atoms with E-state index in [1.165, 1.54) is 0 Å². The lowest BCUT2D eigenvalue weighted by Crippen LogP contribution is -2.39. The van der Waals surface area contributed by atoms with Crippen molar-refractivity contribution in [3.05, 3.63) is 54.4 Å². The summed E-state index contributed by atoms with van der Waals surface area (Å²) in [5, 5.41) is 2.61. The van der Waals surface area contributed by atoms with Gasteiger partial charge in [0.2, 0.25) is 0 Å². The molecule has 0 unspecified atom stereocenters. The average molecular weight is 286 g/mol. The normalized spacial score (nSPS) is 11.7. The van der Waals surface area contributed by atoms with Gasteiger partial charge in [-0.1, -0.05) is 0 Å². The summed E-state index contributed by atoms with van der Waals surface area (Å²) in [7, 11) is 0. The highest BCUT2D eigenvalue weighted by molar-refractivity contribution is 5.96. The molecule has 0 aliphatic carbocycles. The van der Waals surface area contributed by atoms with E-state index in [1.54, 1.807) is 26.0 Å². The van der Waals surface area contributed by atoms with Crippen LogP contribution in [0.1, 0.15) is 24.2 Å². The molecule has 2 aromatic rings. The van der Waals surface area contributed by atoms with Gasteiger partial charge in [-0.25, -0.2) is 4.79 Å². The number of ether oxygens (including phenoxy) is 1. The highest BCUT2D eigenvalue weighted by atomic mass is 16.5. The van der Waals surface area contributed by atoms with E-state index in [0.29, 0.717) is 12.2 Å². The van der Waals surface area contributed by atoms with Gasteiger partial charge in [-0.2, -0.15) is 0 Å². The summed E-state index contributed by atoms with van der Waals surface area (Å²) < 4.78 is 6.80. The minimum absolute atomic E-state index is 0.296. The molecule has 1 N–H and O–H groups in total. The van der Waals surface area contributed by atoms with Crippen molar-refractivity contribution in [2.75, 3.05) is 6.61 Å². The van der Waals surface area contributed by atoms with Crippen LogP contribution in [0.25, 0.3) is 5.69 Å². The van der Waals surface area contributed by atoms with Crippen molar-refractivity contribution in [2.45, 2.75) is 19.9 Å². The average Bonchev–Trinajstić information content (AvgIpc) is 3.01. The molecule has 5 nitrogen and oxygen atoms in total. The van der Waals surface area contributed by atoms with Crippen LogP contribution < -0.4 is 5.32 Å². The zero-order chi connectivity index (χ0) is 15.2. The summed E-state index contributed by atoms with van der Waals surface area (Å²) in [5.41, 5.74) is 1.47. The predicted octanol–water partition coefficient (Wildman–Crippen LogP) is 2.16. The van der Waals surface area contributed by atoms with Crippen LogP contribution in [-0.2, 0) is 9.53 Å². The Morgan fingerprint density at radius 2 is 1.81 bits per heavy atom. The van der Waals surface area contributed by atoms with Crippen LogP contribution in [0.2, 0.25) is 0 Å². The molecule has 1 aromatic heterocycles. The van der Waals surface area contributed by atoms with Crippen LogP contribution in [0.3, 0.4) is 0 Å². The lowest BCUT2D eigenvalue weighted by atomic mass is 10.2. The number of rotatable bonds is 5. The number of hydrogen-bond acceptors (Lipinski definition) is 3. The van der Waals surface area contributed by atoms with E-state index < -0.39 is 12.0 Å². The van der Waals surface area contributed by atoms with Crippen LogP contribution in [-0.4, -0.2) is 29.1 Å². The molecule has 110 valence electrons. The Bertz CT molecular complexity index is 603. The Morgan fingerprint density at radius 1 is 1.19 bits per heavy atom. The lowest BCUT2D eigenvalue weighted by molar-refractivity contribution is -0.144. The van der Waals surface area contributed by atoms with Gasteiger partial charge >= 0.3 is 5.97 Å². The second-order valence-electron chi connectivity index (χ2n) is 4.58. The Hall–Kier alpha value is -2.56. The number of nitrogens with one attached hydrogen (secondary N) is 1. The summed E-state index contributed by atoms with van der Waals surface area (Å²) in [6, 6.07) is 10.4. The van der Waals surface area contributed by atoms with Crippen molar-refractivity contribution < 1.29 is 14.3 Å². The number of aromatic nitrogens is 1. The monoisotopic (exact) mass is 286 g/mol. The first-order chi connectivity index (χ1) is 10.1. The Labute approximate surface area is 123 Å². The maximum Gasteiger partial charge on any atom is 0.328 e. The molecule has 0 saturated heterocycles. The van der Waals surface area contributed by atoms with Gasteiger partial charge < -0.3 is 14.6 Å². The smallest absolute Gasteiger partial charge is 0.328 e. The number of hydrogen-bond donors (Lipinski definition) is 1. The van der Waals surface area contributed by atoms with Crippen LogP contribution in [0.4, 0.5) is 0 Å². The molecule has 1 amide bonds. The molecule has 0 fully saturated rings. The van der Waals surface area contributed by atoms with Crippen LogP contribution >= 0.6 is 0 Å². The summed E-state index contributed by atoms with van der Waals surface area (Å²) in [5.74, 6) is -0.732. The zero-order valence-electron chi connectivity index (χ0n) is 12.1. The van der Waals surface area contributed by atoms with Gasteiger partial charge in [0.1, 0.15) is 6.04 Å². The fourth-order valence-corrected chi connectivity index (χ4v) is 1.90. The molecule has 0 aliphatic rings. The Kier molecular flexibility index (Phi) is 4.77. The maximum atomic E-state index is 12.0. The molecular formula is C16H18N2O3. The number of esters is 1. The third-order valence-electron chi connectivity index (χ3n) is 3.02. The van der Waals surface area contributed by atoms with Gasteiger partial charge in [0.15, 0.2) is 0 Å². The molecular weight excluding hydrogens is 268 g/mol. The highest BCUT2D eigenvalue weighted by Gasteiger charge is 2.17. The largest absolute Gasteiger partial charge is 0.464 e. The van der Waals surface area contributed by atoms with E-state index >= 15 is 0 Å². The number of amides is 1. The molecule has 2 rings (SSSR count). The van der Waals surface area contributed by atoms with Crippen LogP contribution in [0, 0.1) is 0 Å². The third-order valence-corrected chi connectivity index (χ3v) is 3.02. The van der Waals surface area contributed by atoms with E-state index in [9.17, 15) is 9.59 Å². The second kappa shape index (κ2) is 6.74. The summed E-state index contributed by atoms with van der Waals surface area (Å²) in [6.07, 6.45) is 3.86. The number of carbonyl (C=O) groups excluding carboxylic acids is 2. The molecule has 1 heterocycles. The van der Waals surface area contributed by atoms with Crippen molar-refractivity contribution in [2.24, 2.45) is 0 Å². The quantitative estimate of drug-likeness (QED) is 0.857. The first-order valence-electron chi connectivity index (χ1n) is 6.82. The van der Waals surface area contributed by atoms with Gasteiger partial charge in [-0.3, -0.25) is 4.79 Å². The second-order valence-corrected chi connectivity index (χ2v) is 4.58. The van der Waals surface area contributed by atoms with Gasteiger partial charge in [-0.05, 0) is 50.2 Å². The molecule has 0 aliphatic heterocycles. The highest BCUT2D eigenvalue weighted by Crippen LogP contribution is 2.10. The predicted molar refractivity (Wildman–Crippen MR) is 79.3 cm³/mol. The van der Waals surface area contributed by atoms with E-state index in [2.05, 4.69) is 5.32 Å². The van der Waals surface area contributed by atoms with Gasteiger partial charge in [-0.15, -0.1) is 0 Å². The van der Waals surface area contributed by atoms with E-state index in [4.69, 9.17) is 4.74 Å². The van der Waals surface area contributed by atoms with Gasteiger partial charge in [0.05, 0.1) is 6.61 Å². The number of carbonyl (C=O) groups is 2. The van der Waals surface area contributed by atoms with Crippen LogP contribution in [0.5, 0.6) is 0 Å². The zero-order valence-corrected chi connectivity index (χ0v) is 12.1. The first kappa shape index (κ1) is 14.8. The molecule has 0 saturated carbocycles. The summed E-state index contributed by atoms with van der Waals surface area (Å²) in [4.78, 5) is 23.5. The molecule has 0 bridgehead atoms. The van der Waals surface area contributed by atoms with E-state index in [1.807, 2.05) is 41.2 Å². The standard InChI is InChI=1S/C16H18N2O3/c1-3-21-16(20)12(2)17-15(19)13-6-8-14(9-7-13)18-10-4-5-11-18/h4-12H,3H2,1-2H3,(H,17,19)/t12-/m1/s1. The molecule has 1 atom stereocenters. The summed E-state index contributed by atoms with van der Waals surface area (Å²) in [6.45, 7) is 3.63. The van der Waals surface area contributed by atoms with Crippen LogP contribution in [0.15, 0.2) is 48.8 Å². The minimum Gasteiger partial charge on any atom is -0.464 e. The van der Waals surface area contributed by atoms with E-state index in [-0.39, 0.29) is 5.91 Å². The fraction of sp³-hybridized carbons (Fsp3) is 0.250. The van der Waals surface area contributed by atoms with Gasteiger partial charge in [0, 0.05) is 23.6 Å². The van der Waals surface area contributed by atoms with Crippen molar-refractivity contribution in [1.82, 2.24) is 9.88 Å². The number of nitrogens with zero attached hydrogens (tertiary/aromatic N) is 1. The van der Waals surface area contributed by atoms with Crippen molar-refractivity contribution in [3.63, 3.8) is 0 Å². The van der Waals surface area contributed by atoms with Gasteiger partial charge in [0.25, 0.3) is 5.91 Å². The number of benzene rings is 1. The lowest BCUT2D eigenvalue weighted by Gasteiger charge is -2.12. The molecule has 5 heteroatoms. The topological polar surface area (TPSA) is 60.3 Å². The van der Waals surface area contributed by atoms with E-state index in [0.717, 1.165) is 5.69 Å². The molecule has 0 radical (unpaired) electrons. The van der Waals surface area contributed by atoms with Crippen molar-refractivity contribution in [1.29, 1.82) is 0 Å². The Morgan fingerprint density at radius 3 is 2.38 bits per heavy atom. The maximum absolute atomic E-state index is 12.0. The third kappa shape index (κ3) is 3.72. The molecule has 0 spiro atoms. The first-order valence-corrected chi connectivity index (χ1v) is 6.82. The SMILES string of the molecule is CCOC(=O)[C@@H](C)NC(=O)c1ccc(-n2cccc2)cc1. The van der Waals surface area contributed by atoms with Crippen molar-refractivity contribution in [3.8, 4) is 5.69 Å². The minimum atomic E-state index is -0.665. The summed E-state index contributed by atoms with van der Waals surface area (Å²) >= 11 is 0. The molecule has 1 aromatic carbocycles. The Balaban J connectivity index is 2.02. The molecule has 21 heavy (non-hydrogen) atoms.